The van der Waals surface area contributed by atoms with Gasteiger partial charge in [0.25, 0.3) is 0 Å². The topological polar surface area (TPSA) is 56.7 Å². The van der Waals surface area contributed by atoms with Crippen molar-refractivity contribution in [1.82, 2.24) is 19.9 Å². The largest absolute Gasteiger partial charge is 0.361 e. The van der Waals surface area contributed by atoms with Crippen LogP contribution in [-0.4, -0.2) is 19.9 Å². The van der Waals surface area contributed by atoms with Gasteiger partial charge >= 0.3 is 0 Å². The fourth-order valence-corrected chi connectivity index (χ4v) is 1.65. The lowest BCUT2D eigenvalue weighted by Crippen LogP contribution is -2.02. The van der Waals surface area contributed by atoms with E-state index in [2.05, 4.69) is 70.6 Å². The minimum absolute atomic E-state index is 0.412. The zero-order valence-corrected chi connectivity index (χ0v) is 15.2. The predicted octanol–water partition coefficient (Wildman–Crippen LogP) is 4.90. The molecule has 0 spiro atoms. The van der Waals surface area contributed by atoms with Gasteiger partial charge < -0.3 is 4.52 Å². The van der Waals surface area contributed by atoms with Gasteiger partial charge in [-0.2, -0.15) is 5.10 Å². The average Bonchev–Trinajstić information content (AvgIpc) is 3.09. The first-order valence-corrected chi connectivity index (χ1v) is 8.09. The van der Waals surface area contributed by atoms with E-state index in [0.29, 0.717) is 23.8 Å². The molecule has 0 bridgehead atoms. The van der Waals surface area contributed by atoms with Crippen molar-refractivity contribution in [3.63, 3.8) is 0 Å². The molecule has 22 heavy (non-hydrogen) atoms. The van der Waals surface area contributed by atoms with E-state index in [9.17, 15) is 0 Å². The van der Waals surface area contributed by atoms with Crippen LogP contribution in [0.2, 0.25) is 0 Å². The Morgan fingerprint density at radius 3 is 1.82 bits per heavy atom. The maximum absolute atomic E-state index is 5.14. The molecule has 0 N–H and O–H groups in total. The number of rotatable bonds is 4. The van der Waals surface area contributed by atoms with Crippen molar-refractivity contribution in [2.45, 2.75) is 79.2 Å². The standard InChI is InChI=1S/C9H15NO.C8H15N3/c1-6(2)8-5-9(7(3)4)11-10-8;1-6(2)8-9-5-11(10-8)7(3)4/h2*5-7H,1-4H3. The molecular weight excluding hydrogens is 276 g/mol. The Morgan fingerprint density at radius 1 is 0.909 bits per heavy atom. The van der Waals surface area contributed by atoms with Crippen LogP contribution < -0.4 is 0 Å². The SMILES string of the molecule is CC(C)c1cc(C(C)C)on1.CC(C)c1ncn(C(C)C)n1. The van der Waals surface area contributed by atoms with E-state index in [4.69, 9.17) is 4.52 Å². The van der Waals surface area contributed by atoms with E-state index in [-0.39, 0.29) is 0 Å². The molecule has 0 fully saturated rings. The molecule has 2 heterocycles. The Balaban J connectivity index is 0.000000220. The van der Waals surface area contributed by atoms with Gasteiger partial charge in [-0.3, -0.25) is 4.68 Å². The Labute approximate surface area is 134 Å². The monoisotopic (exact) mass is 306 g/mol. The zero-order chi connectivity index (χ0) is 16.9. The van der Waals surface area contributed by atoms with Crippen molar-refractivity contribution in [2.75, 3.05) is 0 Å². The molecule has 2 rings (SSSR count). The van der Waals surface area contributed by atoms with Crippen molar-refractivity contribution in [1.29, 1.82) is 0 Å². The fourth-order valence-electron chi connectivity index (χ4n) is 1.65. The quantitative estimate of drug-likeness (QED) is 0.805. The van der Waals surface area contributed by atoms with Crippen molar-refractivity contribution in [3.05, 3.63) is 29.7 Å². The molecular formula is C17H30N4O. The first kappa shape index (κ1) is 18.4. The molecule has 2 aromatic rings. The van der Waals surface area contributed by atoms with Crippen molar-refractivity contribution in [3.8, 4) is 0 Å². The third kappa shape index (κ3) is 5.28. The highest BCUT2D eigenvalue weighted by atomic mass is 16.5. The highest BCUT2D eigenvalue weighted by Crippen LogP contribution is 2.19. The van der Waals surface area contributed by atoms with Gasteiger partial charge in [0.1, 0.15) is 12.1 Å². The van der Waals surface area contributed by atoms with Gasteiger partial charge in [0, 0.05) is 23.9 Å². The molecule has 0 radical (unpaired) electrons. The minimum atomic E-state index is 0.412. The summed E-state index contributed by atoms with van der Waals surface area (Å²) in [5, 5.41) is 8.28. The molecule has 0 aliphatic carbocycles. The van der Waals surface area contributed by atoms with Crippen LogP contribution in [0.15, 0.2) is 16.9 Å². The van der Waals surface area contributed by atoms with Gasteiger partial charge in [-0.1, -0.05) is 46.7 Å². The summed E-state index contributed by atoms with van der Waals surface area (Å²) in [6.45, 7) is 16.8. The first-order valence-electron chi connectivity index (χ1n) is 8.09. The smallest absolute Gasteiger partial charge is 0.153 e. The van der Waals surface area contributed by atoms with Crippen molar-refractivity contribution < 1.29 is 4.52 Å². The molecule has 5 nitrogen and oxygen atoms in total. The third-order valence-electron chi connectivity index (χ3n) is 3.28. The van der Waals surface area contributed by atoms with Crippen LogP contribution in [0.5, 0.6) is 0 Å². The first-order chi connectivity index (χ1) is 10.2. The molecule has 0 aliphatic heterocycles. The van der Waals surface area contributed by atoms with E-state index in [1.165, 1.54) is 0 Å². The molecule has 0 amide bonds. The molecule has 2 aromatic heterocycles. The second-order valence-electron chi connectivity index (χ2n) is 6.79. The lowest BCUT2D eigenvalue weighted by atomic mass is 10.1. The summed E-state index contributed by atoms with van der Waals surface area (Å²) in [7, 11) is 0. The normalized spacial score (nSPS) is 11.5. The second-order valence-corrected chi connectivity index (χ2v) is 6.79. The highest BCUT2D eigenvalue weighted by Gasteiger charge is 2.09. The molecule has 5 heteroatoms. The number of nitrogens with zero attached hydrogens (tertiary/aromatic N) is 4. The van der Waals surface area contributed by atoms with E-state index < -0.39 is 0 Å². The van der Waals surface area contributed by atoms with Crippen LogP contribution in [0.1, 0.15) is 96.5 Å². The summed E-state index contributed by atoms with van der Waals surface area (Å²) >= 11 is 0. The van der Waals surface area contributed by atoms with E-state index in [1.54, 1.807) is 6.33 Å². The van der Waals surface area contributed by atoms with Gasteiger partial charge in [0.2, 0.25) is 0 Å². The van der Waals surface area contributed by atoms with Gasteiger partial charge in [-0.15, -0.1) is 0 Å². The van der Waals surface area contributed by atoms with Gasteiger partial charge in [-0.05, 0) is 19.8 Å². The predicted molar refractivity (Wildman–Crippen MR) is 89.2 cm³/mol. The van der Waals surface area contributed by atoms with Gasteiger partial charge in [0.15, 0.2) is 5.82 Å². The maximum Gasteiger partial charge on any atom is 0.153 e. The van der Waals surface area contributed by atoms with E-state index in [1.807, 2.05) is 10.7 Å². The molecule has 0 saturated heterocycles. The highest BCUT2D eigenvalue weighted by molar-refractivity contribution is 5.11. The third-order valence-corrected chi connectivity index (χ3v) is 3.28. The van der Waals surface area contributed by atoms with Gasteiger partial charge in [0.05, 0.1) is 5.69 Å². The Kier molecular flexibility index (Phi) is 6.78. The van der Waals surface area contributed by atoms with Crippen molar-refractivity contribution >= 4 is 0 Å². The summed E-state index contributed by atoms with van der Waals surface area (Å²) in [5.41, 5.74) is 1.05. The molecule has 0 aromatic carbocycles. The average molecular weight is 306 g/mol. The van der Waals surface area contributed by atoms with Crippen LogP contribution in [0.4, 0.5) is 0 Å². The molecule has 124 valence electrons. The van der Waals surface area contributed by atoms with Crippen LogP contribution in [0.25, 0.3) is 0 Å². The van der Waals surface area contributed by atoms with Gasteiger partial charge in [-0.25, -0.2) is 4.98 Å². The minimum Gasteiger partial charge on any atom is -0.361 e. The summed E-state index contributed by atoms with van der Waals surface area (Å²) < 4.78 is 7.02. The van der Waals surface area contributed by atoms with Crippen LogP contribution in [0.3, 0.4) is 0 Å². The molecule has 0 saturated carbocycles. The van der Waals surface area contributed by atoms with E-state index >= 15 is 0 Å². The van der Waals surface area contributed by atoms with E-state index in [0.717, 1.165) is 17.3 Å². The molecule has 0 atom stereocenters. The Morgan fingerprint density at radius 2 is 1.55 bits per heavy atom. The van der Waals surface area contributed by atoms with Crippen LogP contribution in [0, 0.1) is 0 Å². The summed E-state index contributed by atoms with van der Waals surface area (Å²) in [6, 6.07) is 2.45. The maximum atomic E-state index is 5.14. The summed E-state index contributed by atoms with van der Waals surface area (Å²) in [6.07, 6.45) is 1.79. The lowest BCUT2D eigenvalue weighted by molar-refractivity contribution is 0.363. The zero-order valence-electron chi connectivity index (χ0n) is 15.2. The number of hydrogen-bond donors (Lipinski definition) is 0. The van der Waals surface area contributed by atoms with Crippen LogP contribution in [-0.2, 0) is 0 Å². The lowest BCUT2D eigenvalue weighted by Gasteiger charge is -2.02. The Hall–Kier alpha value is -1.65. The number of hydrogen-bond acceptors (Lipinski definition) is 4. The summed E-state index contributed by atoms with van der Waals surface area (Å²) in [4.78, 5) is 4.19. The Bertz CT molecular complexity index is 457. The van der Waals surface area contributed by atoms with Crippen LogP contribution >= 0.6 is 0 Å². The molecule has 0 aliphatic rings. The summed E-state index contributed by atoms with van der Waals surface area (Å²) in [5.74, 6) is 3.24. The second kappa shape index (κ2) is 8.11. The molecule has 0 unspecified atom stereocenters. The van der Waals surface area contributed by atoms with Crippen molar-refractivity contribution in [2.24, 2.45) is 0 Å². The number of aromatic nitrogens is 4. The fraction of sp³-hybridized carbons (Fsp3) is 0.706.